The number of likely N-dealkylation sites (N-methyl/N-ethyl adjacent to an activating group) is 1. The minimum Gasteiger partial charge on any atom is -0.350 e. The lowest BCUT2D eigenvalue weighted by molar-refractivity contribution is -0.128. The maximum absolute atomic E-state index is 12.2. The van der Waals surface area contributed by atoms with Gasteiger partial charge in [-0.25, -0.2) is 0 Å². The molecule has 1 aliphatic rings. The molecule has 1 aromatic heterocycles. The van der Waals surface area contributed by atoms with Crippen LogP contribution in [-0.4, -0.2) is 33.4 Å². The fourth-order valence-electron chi connectivity index (χ4n) is 2.39. The first kappa shape index (κ1) is 13.5. The smallest absolute Gasteiger partial charge is 0.265 e. The van der Waals surface area contributed by atoms with Gasteiger partial charge in [0.15, 0.2) is 5.11 Å². The summed E-state index contributed by atoms with van der Waals surface area (Å²) < 4.78 is 1.96. The van der Waals surface area contributed by atoms with Crippen molar-refractivity contribution in [2.75, 3.05) is 7.05 Å². The number of aryl methyl sites for hydroxylation is 1. The van der Waals surface area contributed by atoms with Crippen molar-refractivity contribution < 1.29 is 9.59 Å². The molecule has 0 saturated carbocycles. The summed E-state index contributed by atoms with van der Waals surface area (Å²) in [5, 5.41) is 3.62. The summed E-state index contributed by atoms with van der Waals surface area (Å²) in [5.74, 6) is -0.854. The third-order valence-electron chi connectivity index (χ3n) is 3.53. The van der Waals surface area contributed by atoms with Crippen molar-refractivity contribution in [2.45, 2.75) is 0 Å². The Labute approximate surface area is 126 Å². The third kappa shape index (κ3) is 2.13. The molecule has 1 aromatic carbocycles. The molecule has 1 N–H and O–H groups in total. The molecule has 2 amide bonds. The fourth-order valence-corrected chi connectivity index (χ4v) is 2.56. The Morgan fingerprint density at radius 2 is 1.90 bits per heavy atom. The van der Waals surface area contributed by atoms with E-state index < -0.39 is 11.8 Å². The van der Waals surface area contributed by atoms with Crippen LogP contribution in [0.1, 0.15) is 5.56 Å². The summed E-state index contributed by atoms with van der Waals surface area (Å²) in [6.45, 7) is 0. The predicted molar refractivity (Wildman–Crippen MR) is 84.4 cm³/mol. The van der Waals surface area contributed by atoms with Crippen molar-refractivity contribution in [3.63, 3.8) is 0 Å². The van der Waals surface area contributed by atoms with Crippen molar-refractivity contribution in [2.24, 2.45) is 7.05 Å². The predicted octanol–water partition coefficient (Wildman–Crippen LogP) is 1.43. The highest BCUT2D eigenvalue weighted by Crippen LogP contribution is 2.23. The number of hydrogen-bond donors (Lipinski definition) is 1. The molecule has 0 spiro atoms. The molecule has 21 heavy (non-hydrogen) atoms. The van der Waals surface area contributed by atoms with Crippen LogP contribution in [0.5, 0.6) is 0 Å². The van der Waals surface area contributed by atoms with Gasteiger partial charge in [0.05, 0.1) is 0 Å². The van der Waals surface area contributed by atoms with E-state index in [4.69, 9.17) is 12.2 Å². The quantitative estimate of drug-likeness (QED) is 0.492. The second-order valence-electron chi connectivity index (χ2n) is 4.89. The van der Waals surface area contributed by atoms with Crippen LogP contribution >= 0.6 is 12.2 Å². The Bertz CT molecular complexity index is 819. The van der Waals surface area contributed by atoms with Crippen LogP contribution in [0.4, 0.5) is 0 Å². The number of nitrogens with zero attached hydrogens (tertiary/aromatic N) is 2. The highest BCUT2D eigenvalue weighted by Gasteiger charge is 2.30. The average molecular weight is 299 g/mol. The van der Waals surface area contributed by atoms with Gasteiger partial charge in [0.25, 0.3) is 11.8 Å². The Morgan fingerprint density at radius 1 is 1.19 bits per heavy atom. The lowest BCUT2D eigenvalue weighted by Gasteiger charge is -2.24. The van der Waals surface area contributed by atoms with Crippen molar-refractivity contribution in [1.29, 1.82) is 0 Å². The van der Waals surface area contributed by atoms with Crippen molar-refractivity contribution in [3.05, 3.63) is 41.6 Å². The van der Waals surface area contributed by atoms with E-state index in [2.05, 4.69) is 5.32 Å². The molecule has 2 heterocycles. The van der Waals surface area contributed by atoms with Gasteiger partial charge < -0.3 is 4.57 Å². The summed E-state index contributed by atoms with van der Waals surface area (Å²) >= 11 is 4.92. The van der Waals surface area contributed by atoms with Gasteiger partial charge >= 0.3 is 0 Å². The van der Waals surface area contributed by atoms with E-state index in [9.17, 15) is 9.59 Å². The molecule has 0 aliphatic carbocycles. The van der Waals surface area contributed by atoms with Gasteiger partial charge in [0.1, 0.15) is 5.57 Å². The summed E-state index contributed by atoms with van der Waals surface area (Å²) in [5.41, 5.74) is 1.95. The van der Waals surface area contributed by atoms with Crippen LogP contribution in [0.2, 0.25) is 0 Å². The molecule has 3 rings (SSSR count). The maximum atomic E-state index is 12.2. The lowest BCUT2D eigenvalue weighted by atomic mass is 10.1. The van der Waals surface area contributed by atoms with Gasteiger partial charge in [-0.3, -0.25) is 19.8 Å². The lowest BCUT2D eigenvalue weighted by Crippen LogP contribution is -2.52. The second kappa shape index (κ2) is 4.82. The summed E-state index contributed by atoms with van der Waals surface area (Å²) in [6, 6.07) is 7.82. The topological polar surface area (TPSA) is 54.3 Å². The largest absolute Gasteiger partial charge is 0.350 e. The van der Waals surface area contributed by atoms with Gasteiger partial charge in [0, 0.05) is 36.8 Å². The van der Waals surface area contributed by atoms with Gasteiger partial charge in [-0.1, -0.05) is 18.2 Å². The minimum absolute atomic E-state index is 0.0856. The Hall–Kier alpha value is -2.47. The van der Waals surface area contributed by atoms with E-state index >= 15 is 0 Å². The molecule has 1 saturated heterocycles. The highest BCUT2D eigenvalue weighted by atomic mass is 32.1. The standard InChI is InChI=1S/C15H13N3O2S/c1-17-8-9(10-5-3-4-6-12(10)17)7-11-13(19)16-15(21)18(2)14(11)20/h3-8H,1-2H3,(H,16,19,21). The number of rotatable bonds is 1. The van der Waals surface area contributed by atoms with E-state index in [1.165, 1.54) is 4.90 Å². The number of carbonyl (C=O) groups is 2. The van der Waals surface area contributed by atoms with E-state index in [0.717, 1.165) is 16.5 Å². The zero-order valence-corrected chi connectivity index (χ0v) is 12.4. The Kier molecular flexibility index (Phi) is 3.10. The summed E-state index contributed by atoms with van der Waals surface area (Å²) in [4.78, 5) is 25.4. The maximum Gasteiger partial charge on any atom is 0.265 e. The number of benzene rings is 1. The second-order valence-corrected chi connectivity index (χ2v) is 5.28. The normalized spacial score (nSPS) is 17.7. The van der Waals surface area contributed by atoms with Crippen LogP contribution < -0.4 is 5.32 Å². The average Bonchev–Trinajstić information content (AvgIpc) is 2.78. The number of thiocarbonyl (C=S) groups is 1. The number of nitrogens with one attached hydrogen (secondary N) is 1. The Balaban J connectivity index is 2.13. The number of para-hydroxylation sites is 1. The van der Waals surface area contributed by atoms with Crippen molar-refractivity contribution in [3.8, 4) is 0 Å². The number of aromatic nitrogens is 1. The molecule has 0 atom stereocenters. The number of fused-ring (bicyclic) bond motifs is 1. The van der Waals surface area contributed by atoms with Crippen LogP contribution in [0, 0.1) is 0 Å². The van der Waals surface area contributed by atoms with E-state index in [1.54, 1.807) is 13.1 Å². The number of amides is 2. The first-order valence-electron chi connectivity index (χ1n) is 6.38. The zero-order valence-electron chi connectivity index (χ0n) is 11.6. The minimum atomic E-state index is -0.462. The SMILES string of the molecule is CN1C(=O)C(=Cc2cn(C)c3ccccc23)C(=O)NC1=S. The van der Waals surface area contributed by atoms with Gasteiger partial charge in [-0.15, -0.1) is 0 Å². The first-order valence-corrected chi connectivity index (χ1v) is 6.79. The Morgan fingerprint density at radius 3 is 2.67 bits per heavy atom. The van der Waals surface area contributed by atoms with Gasteiger partial charge in [0.2, 0.25) is 0 Å². The van der Waals surface area contributed by atoms with Crippen LogP contribution in [0.15, 0.2) is 36.0 Å². The number of carbonyl (C=O) groups excluding carboxylic acids is 2. The molecule has 1 fully saturated rings. The summed E-state index contributed by atoms with van der Waals surface area (Å²) in [6.07, 6.45) is 3.50. The molecular weight excluding hydrogens is 286 g/mol. The van der Waals surface area contributed by atoms with Gasteiger partial charge in [-0.2, -0.15) is 0 Å². The van der Waals surface area contributed by atoms with Crippen LogP contribution in [0.3, 0.4) is 0 Å². The third-order valence-corrected chi connectivity index (χ3v) is 3.91. The van der Waals surface area contributed by atoms with E-state index in [0.29, 0.717) is 0 Å². The highest BCUT2D eigenvalue weighted by molar-refractivity contribution is 7.80. The molecule has 0 radical (unpaired) electrons. The fraction of sp³-hybridized carbons (Fsp3) is 0.133. The zero-order chi connectivity index (χ0) is 15.1. The molecule has 106 valence electrons. The summed E-state index contributed by atoms with van der Waals surface area (Å²) in [7, 11) is 3.47. The molecular formula is C15H13N3O2S. The van der Waals surface area contributed by atoms with Crippen molar-refractivity contribution >= 4 is 46.1 Å². The molecule has 6 heteroatoms. The molecule has 5 nitrogen and oxygen atoms in total. The molecule has 0 unspecified atom stereocenters. The molecule has 1 aliphatic heterocycles. The van der Waals surface area contributed by atoms with Crippen LogP contribution in [-0.2, 0) is 16.6 Å². The number of hydrogen-bond acceptors (Lipinski definition) is 3. The van der Waals surface area contributed by atoms with Crippen molar-refractivity contribution in [1.82, 2.24) is 14.8 Å². The molecule has 0 bridgehead atoms. The van der Waals surface area contributed by atoms with E-state index in [1.807, 2.05) is 42.1 Å². The van der Waals surface area contributed by atoms with Gasteiger partial charge in [-0.05, 0) is 24.4 Å². The molecule has 2 aromatic rings. The monoisotopic (exact) mass is 299 g/mol. The first-order chi connectivity index (χ1) is 9.99. The van der Waals surface area contributed by atoms with E-state index in [-0.39, 0.29) is 10.7 Å². The van der Waals surface area contributed by atoms with Crippen LogP contribution in [0.25, 0.3) is 17.0 Å².